The number of hydrogen-bond acceptors (Lipinski definition) is 3. The number of amidine groups is 1. The molecule has 0 aromatic carbocycles. The molecule has 0 aliphatic carbocycles. The minimum atomic E-state index is -0.150. The Hall–Kier alpha value is -1.72. The van der Waals surface area contributed by atoms with E-state index in [1.807, 2.05) is 11.9 Å². The standard InChI is InChI=1S/C7H11N5O/c1-11-3-9-5(8)4-6(11)12(2)7(13)10-4/h3H2,1-2H3,(H2,8,9)(H,10,13)/p+1. The summed E-state index contributed by atoms with van der Waals surface area (Å²) < 4.78 is 1.54. The third kappa shape index (κ3) is 0.947. The van der Waals surface area contributed by atoms with Crippen LogP contribution in [-0.2, 0) is 7.05 Å². The molecule has 2 rings (SSSR count). The molecule has 0 unspecified atom stereocenters. The van der Waals surface area contributed by atoms with Crippen LogP contribution < -0.4 is 21.3 Å². The molecule has 6 nitrogen and oxygen atoms in total. The highest BCUT2D eigenvalue weighted by molar-refractivity contribution is 5.96. The highest BCUT2D eigenvalue weighted by atomic mass is 16.1. The van der Waals surface area contributed by atoms with Gasteiger partial charge in [-0.3, -0.25) is 20.3 Å². The summed E-state index contributed by atoms with van der Waals surface area (Å²) in [6, 6.07) is 0. The Morgan fingerprint density at radius 3 is 2.85 bits per heavy atom. The van der Waals surface area contributed by atoms with Crippen molar-refractivity contribution in [2.45, 2.75) is 0 Å². The monoisotopic (exact) mass is 182 g/mol. The lowest BCUT2D eigenvalue weighted by molar-refractivity contribution is -0.457. The summed E-state index contributed by atoms with van der Waals surface area (Å²) in [5.74, 6) is 1.34. The summed E-state index contributed by atoms with van der Waals surface area (Å²) in [4.78, 5) is 18.9. The molecular formula is C7H12N5O+. The second-order valence-corrected chi connectivity index (χ2v) is 3.13. The predicted molar refractivity (Wildman–Crippen MR) is 48.6 cm³/mol. The summed E-state index contributed by atoms with van der Waals surface area (Å²) in [7, 11) is 3.61. The van der Waals surface area contributed by atoms with Crippen LogP contribution in [0.1, 0.15) is 5.69 Å². The summed E-state index contributed by atoms with van der Waals surface area (Å²) in [5.41, 5.74) is 6.20. The number of nitrogens with one attached hydrogen (secondary N) is 2. The number of nitrogen functional groups attached to an aromatic ring is 1. The van der Waals surface area contributed by atoms with E-state index in [9.17, 15) is 4.79 Å². The molecule has 0 bridgehead atoms. The number of nitrogens with two attached hydrogens (primary N) is 1. The van der Waals surface area contributed by atoms with Crippen molar-refractivity contribution in [1.29, 1.82) is 0 Å². The molecule has 4 N–H and O–H groups in total. The second-order valence-electron chi connectivity index (χ2n) is 3.13. The van der Waals surface area contributed by atoms with Crippen LogP contribution in [-0.4, -0.2) is 29.1 Å². The predicted octanol–water partition coefficient (Wildman–Crippen LogP) is -3.09. The van der Waals surface area contributed by atoms with Crippen molar-refractivity contribution in [2.24, 2.45) is 12.8 Å². The average molecular weight is 182 g/mol. The molecule has 0 atom stereocenters. The number of imidazole rings is 1. The Balaban J connectivity index is 2.73. The van der Waals surface area contributed by atoms with Crippen LogP contribution in [0.25, 0.3) is 0 Å². The molecular weight excluding hydrogens is 170 g/mol. The van der Waals surface area contributed by atoms with Gasteiger partial charge in [-0.05, 0) is 0 Å². The van der Waals surface area contributed by atoms with Gasteiger partial charge >= 0.3 is 5.69 Å². The van der Waals surface area contributed by atoms with Gasteiger partial charge in [-0.2, -0.15) is 0 Å². The number of aromatic nitrogens is 2. The average Bonchev–Trinajstić information content (AvgIpc) is 2.38. The van der Waals surface area contributed by atoms with Crippen LogP contribution in [0, 0.1) is 0 Å². The molecule has 1 aromatic heterocycles. The number of aromatic amines is 1. The Kier molecular flexibility index (Phi) is 1.45. The Labute approximate surface area is 74.7 Å². The lowest BCUT2D eigenvalue weighted by Gasteiger charge is -2.19. The fourth-order valence-corrected chi connectivity index (χ4v) is 1.51. The van der Waals surface area contributed by atoms with Gasteiger partial charge in [-0.15, -0.1) is 0 Å². The molecule has 6 heteroatoms. The van der Waals surface area contributed by atoms with Crippen molar-refractivity contribution < 1.29 is 4.99 Å². The van der Waals surface area contributed by atoms with Gasteiger partial charge in [0.2, 0.25) is 0 Å². The van der Waals surface area contributed by atoms with Gasteiger partial charge in [0.05, 0.1) is 0 Å². The van der Waals surface area contributed by atoms with Gasteiger partial charge in [0.1, 0.15) is 5.82 Å². The highest BCUT2D eigenvalue weighted by Crippen LogP contribution is 2.13. The van der Waals surface area contributed by atoms with Crippen LogP contribution in [0.2, 0.25) is 0 Å². The van der Waals surface area contributed by atoms with Gasteiger partial charge in [0.15, 0.2) is 12.4 Å². The van der Waals surface area contributed by atoms with Crippen molar-refractivity contribution >= 4 is 11.7 Å². The Morgan fingerprint density at radius 2 is 2.23 bits per heavy atom. The first-order valence-corrected chi connectivity index (χ1v) is 3.98. The van der Waals surface area contributed by atoms with Gasteiger partial charge in [0, 0.05) is 14.1 Å². The maximum Gasteiger partial charge on any atom is 0.327 e. The summed E-state index contributed by atoms with van der Waals surface area (Å²) >= 11 is 0. The van der Waals surface area contributed by atoms with E-state index in [0.29, 0.717) is 18.2 Å². The van der Waals surface area contributed by atoms with Crippen molar-refractivity contribution in [3.8, 4) is 0 Å². The molecule has 0 spiro atoms. The third-order valence-electron chi connectivity index (χ3n) is 2.22. The quantitative estimate of drug-likeness (QED) is 0.398. The van der Waals surface area contributed by atoms with Gasteiger partial charge in [0.25, 0.3) is 5.84 Å². The summed E-state index contributed by atoms with van der Waals surface area (Å²) in [5, 5.41) is 0. The number of fused-ring (bicyclic) bond motifs is 1. The zero-order valence-corrected chi connectivity index (χ0v) is 7.59. The number of H-pyrrole nitrogens is 1. The molecule has 1 aromatic rings. The lowest BCUT2D eigenvalue weighted by atomic mass is 10.3. The minimum absolute atomic E-state index is 0.150. The van der Waals surface area contributed by atoms with E-state index in [1.165, 1.54) is 0 Å². The van der Waals surface area contributed by atoms with Gasteiger partial charge < -0.3 is 4.90 Å². The zero-order valence-electron chi connectivity index (χ0n) is 7.59. The van der Waals surface area contributed by atoms with E-state index in [2.05, 4.69) is 9.98 Å². The summed E-state index contributed by atoms with van der Waals surface area (Å²) in [6.07, 6.45) is 0. The van der Waals surface area contributed by atoms with E-state index in [1.54, 1.807) is 11.6 Å². The first-order valence-electron chi connectivity index (χ1n) is 3.98. The third-order valence-corrected chi connectivity index (χ3v) is 2.22. The Morgan fingerprint density at radius 1 is 1.54 bits per heavy atom. The largest absolute Gasteiger partial charge is 0.327 e. The number of hydrogen-bond donors (Lipinski definition) is 3. The first kappa shape index (κ1) is 7.90. The maximum absolute atomic E-state index is 11.3. The molecule has 1 aliphatic rings. The van der Waals surface area contributed by atoms with Crippen LogP contribution in [0.4, 0.5) is 5.82 Å². The molecule has 2 heterocycles. The van der Waals surface area contributed by atoms with Crippen LogP contribution in [0.3, 0.4) is 0 Å². The van der Waals surface area contributed by atoms with Crippen molar-refractivity contribution in [3.63, 3.8) is 0 Å². The fraction of sp³-hybridized carbons (Fsp3) is 0.429. The molecule has 70 valence electrons. The van der Waals surface area contributed by atoms with Crippen molar-refractivity contribution in [2.75, 3.05) is 18.6 Å². The molecule has 0 saturated heterocycles. The van der Waals surface area contributed by atoms with E-state index >= 15 is 0 Å². The van der Waals surface area contributed by atoms with E-state index < -0.39 is 0 Å². The Bertz CT molecular complexity index is 427. The van der Waals surface area contributed by atoms with Crippen LogP contribution in [0.15, 0.2) is 4.79 Å². The lowest BCUT2D eigenvalue weighted by Crippen LogP contribution is -2.81. The van der Waals surface area contributed by atoms with Crippen LogP contribution >= 0.6 is 0 Å². The number of rotatable bonds is 0. The number of nitrogens with zero attached hydrogens (tertiary/aromatic N) is 2. The minimum Gasteiger partial charge on any atom is -0.323 e. The molecule has 1 aliphatic heterocycles. The number of anilines is 1. The first-order chi connectivity index (χ1) is 6.11. The topological polar surface area (TPSA) is 81.0 Å². The molecule has 13 heavy (non-hydrogen) atoms. The van der Waals surface area contributed by atoms with Gasteiger partial charge in [-0.25, -0.2) is 4.79 Å². The fourth-order valence-electron chi connectivity index (χ4n) is 1.51. The zero-order chi connectivity index (χ0) is 9.59. The maximum atomic E-state index is 11.3. The highest BCUT2D eigenvalue weighted by Gasteiger charge is 2.24. The van der Waals surface area contributed by atoms with Crippen molar-refractivity contribution in [3.05, 3.63) is 16.2 Å². The van der Waals surface area contributed by atoms with Gasteiger partial charge in [-0.1, -0.05) is 0 Å². The normalized spacial score (nSPS) is 15.5. The molecule has 0 amide bonds. The van der Waals surface area contributed by atoms with E-state index in [0.717, 1.165) is 5.82 Å². The SMILES string of the molecule is CN1C[NH+]=C(N)c2[nH]c(=O)n(C)c21. The molecule has 0 radical (unpaired) electrons. The van der Waals surface area contributed by atoms with Crippen LogP contribution in [0.5, 0.6) is 0 Å². The van der Waals surface area contributed by atoms with Crippen molar-refractivity contribution in [1.82, 2.24) is 9.55 Å². The van der Waals surface area contributed by atoms with E-state index in [4.69, 9.17) is 5.73 Å². The molecule has 0 saturated carbocycles. The second kappa shape index (κ2) is 2.38. The summed E-state index contributed by atoms with van der Waals surface area (Å²) in [6.45, 7) is 0.615. The molecule has 0 fully saturated rings. The smallest absolute Gasteiger partial charge is 0.323 e. The van der Waals surface area contributed by atoms with E-state index in [-0.39, 0.29) is 5.69 Å².